The minimum Gasteiger partial charge on any atom is -0.369 e. The van der Waals surface area contributed by atoms with Gasteiger partial charge in [0.25, 0.3) is 0 Å². The lowest BCUT2D eigenvalue weighted by Gasteiger charge is -2.34. The van der Waals surface area contributed by atoms with Crippen LogP contribution in [0.3, 0.4) is 0 Å². The molecule has 0 unspecified atom stereocenters. The Labute approximate surface area is 182 Å². The van der Waals surface area contributed by atoms with Gasteiger partial charge in [-0.1, -0.05) is 0 Å². The molecule has 0 aliphatic carbocycles. The highest BCUT2D eigenvalue weighted by Crippen LogP contribution is 2.39. The fourth-order valence-electron chi connectivity index (χ4n) is 4.65. The number of carbonyl (C=O) groups is 1. The number of aryl methyl sites for hydroxylation is 1. The smallest absolute Gasteiger partial charge is 0.243 e. The molecule has 10 heteroatoms. The highest BCUT2D eigenvalue weighted by Gasteiger charge is 2.35. The molecule has 1 amide bonds. The van der Waals surface area contributed by atoms with E-state index in [0.717, 1.165) is 35.0 Å². The van der Waals surface area contributed by atoms with Crippen LogP contribution in [0.1, 0.15) is 24.5 Å². The molecule has 0 saturated carbocycles. The second-order valence-electron chi connectivity index (χ2n) is 8.08. The quantitative estimate of drug-likeness (QED) is 0.744. The molecule has 3 aliphatic heterocycles. The predicted molar refractivity (Wildman–Crippen MR) is 118 cm³/mol. The van der Waals surface area contributed by atoms with Gasteiger partial charge in [-0.15, -0.1) is 10.2 Å². The zero-order chi connectivity index (χ0) is 21.6. The van der Waals surface area contributed by atoms with Crippen LogP contribution in [0.25, 0.3) is 0 Å². The average molecular weight is 443 g/mol. The second kappa shape index (κ2) is 7.76. The Morgan fingerprint density at radius 2 is 1.71 bits per heavy atom. The first-order valence-electron chi connectivity index (χ1n) is 10.8. The van der Waals surface area contributed by atoms with Crippen molar-refractivity contribution in [3.63, 3.8) is 0 Å². The van der Waals surface area contributed by atoms with Crippen LogP contribution < -0.4 is 15.1 Å². The molecule has 0 atom stereocenters. The van der Waals surface area contributed by atoms with E-state index < -0.39 is 10.0 Å². The summed E-state index contributed by atoms with van der Waals surface area (Å²) in [7, 11) is -3.59. The van der Waals surface area contributed by atoms with Gasteiger partial charge in [-0.25, -0.2) is 8.42 Å². The summed E-state index contributed by atoms with van der Waals surface area (Å²) in [5, 5.41) is 11.5. The van der Waals surface area contributed by atoms with E-state index in [1.54, 1.807) is 16.4 Å². The van der Waals surface area contributed by atoms with Crippen molar-refractivity contribution in [3.05, 3.63) is 35.4 Å². The molecule has 3 aliphatic rings. The number of hydrogen-bond donors (Lipinski definition) is 1. The largest absolute Gasteiger partial charge is 0.369 e. The summed E-state index contributed by atoms with van der Waals surface area (Å²) in [6.45, 7) is 5.36. The van der Waals surface area contributed by atoms with E-state index in [4.69, 9.17) is 0 Å². The molecule has 164 valence electrons. The number of aromatic nitrogens is 2. The molecule has 1 N–H and O–H groups in total. The second-order valence-corrected chi connectivity index (χ2v) is 10.0. The van der Waals surface area contributed by atoms with E-state index in [1.807, 2.05) is 24.0 Å². The molecular weight excluding hydrogens is 416 g/mol. The van der Waals surface area contributed by atoms with Crippen molar-refractivity contribution in [2.75, 3.05) is 54.4 Å². The molecule has 5 rings (SSSR count). The lowest BCUT2D eigenvalue weighted by molar-refractivity contribution is -0.118. The maximum absolute atomic E-state index is 13.4. The van der Waals surface area contributed by atoms with E-state index in [9.17, 15) is 13.2 Å². The summed E-state index contributed by atoms with van der Waals surface area (Å²) in [4.78, 5) is 16.4. The Bertz CT molecular complexity index is 1110. The van der Waals surface area contributed by atoms with Crippen molar-refractivity contribution < 1.29 is 13.2 Å². The molecule has 2 aromatic rings. The Balaban J connectivity index is 1.32. The number of nitrogens with zero attached hydrogens (tertiary/aromatic N) is 5. The van der Waals surface area contributed by atoms with Gasteiger partial charge in [-0.2, -0.15) is 4.31 Å². The summed E-state index contributed by atoms with van der Waals surface area (Å²) in [5.74, 6) is 1.62. The number of amides is 1. The minimum atomic E-state index is -3.59. The van der Waals surface area contributed by atoms with Crippen LogP contribution in [0.5, 0.6) is 0 Å². The summed E-state index contributed by atoms with van der Waals surface area (Å²) in [6, 6.07) is 7.34. The van der Waals surface area contributed by atoms with Gasteiger partial charge in [0.2, 0.25) is 15.9 Å². The van der Waals surface area contributed by atoms with Gasteiger partial charge in [0.15, 0.2) is 5.82 Å². The third-order valence-corrected chi connectivity index (χ3v) is 8.11. The van der Waals surface area contributed by atoms with Crippen molar-refractivity contribution in [3.8, 4) is 0 Å². The Hall–Kier alpha value is -2.72. The maximum atomic E-state index is 13.4. The standard InChI is InChI=1S/C21H26N6O3S/c1-2-22-18-4-5-19(24-23-18)25-9-11-26(12-10-25)31(29,30)17-13-15-3-6-20(28)27-8-7-16(14-17)21(15)27/h4-5,13-14H,2-3,6-12H2,1H3,(H,22,23). The monoisotopic (exact) mass is 442 g/mol. The van der Waals surface area contributed by atoms with Crippen molar-refractivity contribution in [2.45, 2.75) is 31.1 Å². The molecular formula is C21H26N6O3S. The number of hydrogen-bond acceptors (Lipinski definition) is 7. The molecule has 1 aromatic carbocycles. The highest BCUT2D eigenvalue weighted by molar-refractivity contribution is 7.89. The van der Waals surface area contributed by atoms with Gasteiger partial charge in [0.1, 0.15) is 5.82 Å². The van der Waals surface area contributed by atoms with Crippen LogP contribution in [0.2, 0.25) is 0 Å². The molecule has 1 aromatic heterocycles. The van der Waals surface area contributed by atoms with Gasteiger partial charge >= 0.3 is 0 Å². The lowest BCUT2D eigenvalue weighted by atomic mass is 10.00. The highest BCUT2D eigenvalue weighted by atomic mass is 32.2. The SMILES string of the molecule is CCNc1ccc(N2CCN(S(=O)(=O)c3cc4c5c(c3)CCN5C(=O)CC4)CC2)nn1. The number of sulfonamides is 1. The zero-order valence-corrected chi connectivity index (χ0v) is 18.4. The number of piperazine rings is 1. The zero-order valence-electron chi connectivity index (χ0n) is 17.5. The molecule has 0 bridgehead atoms. The summed E-state index contributed by atoms with van der Waals surface area (Å²) in [5.41, 5.74) is 2.89. The average Bonchev–Trinajstić information content (AvgIpc) is 3.23. The van der Waals surface area contributed by atoms with E-state index in [0.29, 0.717) is 56.9 Å². The third-order valence-electron chi connectivity index (χ3n) is 6.23. The summed E-state index contributed by atoms with van der Waals surface area (Å²) >= 11 is 0. The normalized spacial score (nSPS) is 18.9. The molecule has 9 nitrogen and oxygen atoms in total. The van der Waals surface area contributed by atoms with Crippen molar-refractivity contribution in [1.29, 1.82) is 0 Å². The van der Waals surface area contributed by atoms with Gasteiger partial charge in [-0.05, 0) is 55.2 Å². The van der Waals surface area contributed by atoms with Crippen molar-refractivity contribution in [1.82, 2.24) is 14.5 Å². The fraction of sp³-hybridized carbons (Fsp3) is 0.476. The molecule has 31 heavy (non-hydrogen) atoms. The summed E-state index contributed by atoms with van der Waals surface area (Å²) in [6.07, 6.45) is 1.77. The van der Waals surface area contributed by atoms with E-state index >= 15 is 0 Å². The van der Waals surface area contributed by atoms with E-state index in [1.165, 1.54) is 0 Å². The summed E-state index contributed by atoms with van der Waals surface area (Å²) < 4.78 is 28.3. The van der Waals surface area contributed by atoms with Crippen molar-refractivity contribution in [2.24, 2.45) is 0 Å². The third kappa shape index (κ3) is 3.53. The topological polar surface area (TPSA) is 98.7 Å². The van der Waals surface area contributed by atoms with Crippen molar-refractivity contribution >= 4 is 33.3 Å². The Kier molecular flexibility index (Phi) is 5.05. The molecule has 1 fully saturated rings. The van der Waals surface area contributed by atoms with Gasteiger partial charge in [0, 0.05) is 45.7 Å². The minimum absolute atomic E-state index is 0.139. The van der Waals surface area contributed by atoms with Gasteiger partial charge in [0.05, 0.1) is 10.6 Å². The molecule has 0 spiro atoms. The first kappa shape index (κ1) is 20.2. The number of nitrogens with one attached hydrogen (secondary N) is 1. The van der Waals surface area contributed by atoms with Gasteiger partial charge in [-0.3, -0.25) is 4.79 Å². The number of anilines is 3. The van der Waals surface area contributed by atoms with Gasteiger partial charge < -0.3 is 15.1 Å². The molecule has 4 heterocycles. The number of benzene rings is 1. The van der Waals surface area contributed by atoms with E-state index in [2.05, 4.69) is 20.4 Å². The van der Waals surface area contributed by atoms with Crippen LogP contribution in [0.4, 0.5) is 17.3 Å². The number of rotatable bonds is 5. The Morgan fingerprint density at radius 1 is 0.968 bits per heavy atom. The Morgan fingerprint density at radius 3 is 2.39 bits per heavy atom. The number of carbonyl (C=O) groups excluding carboxylic acids is 1. The molecule has 1 saturated heterocycles. The lowest BCUT2D eigenvalue weighted by Crippen LogP contribution is -2.49. The van der Waals surface area contributed by atoms with Crippen LogP contribution in [0.15, 0.2) is 29.2 Å². The first-order valence-corrected chi connectivity index (χ1v) is 12.2. The fourth-order valence-corrected chi connectivity index (χ4v) is 6.18. The predicted octanol–water partition coefficient (Wildman–Crippen LogP) is 1.25. The first-order chi connectivity index (χ1) is 15.0. The molecule has 0 radical (unpaired) electrons. The maximum Gasteiger partial charge on any atom is 0.243 e. The van der Waals surface area contributed by atoms with Crippen LogP contribution in [-0.2, 0) is 27.7 Å². The van der Waals surface area contributed by atoms with Crippen LogP contribution in [0, 0.1) is 0 Å². The van der Waals surface area contributed by atoms with Crippen LogP contribution >= 0.6 is 0 Å². The van der Waals surface area contributed by atoms with Crippen LogP contribution in [-0.4, -0.2) is 68.1 Å². The van der Waals surface area contributed by atoms with E-state index in [-0.39, 0.29) is 5.91 Å².